The third-order valence-corrected chi connectivity index (χ3v) is 5.24. The maximum Gasteiger partial charge on any atom is 0.324 e. The van der Waals surface area contributed by atoms with Crippen molar-refractivity contribution < 1.29 is 14.4 Å². The number of hydrogen-bond acceptors (Lipinski definition) is 3. The van der Waals surface area contributed by atoms with Gasteiger partial charge in [0.05, 0.1) is 0 Å². The number of carbonyl (C=O) groups excluding carboxylic acids is 3. The van der Waals surface area contributed by atoms with E-state index < -0.39 is 0 Å². The van der Waals surface area contributed by atoms with Gasteiger partial charge in [0.25, 0.3) is 0 Å². The first kappa shape index (κ1) is 21.6. The Balaban J connectivity index is 0.000000177. The molecular weight excluding hydrogens is 378 g/mol. The van der Waals surface area contributed by atoms with E-state index in [9.17, 15) is 14.4 Å². The van der Waals surface area contributed by atoms with Gasteiger partial charge < -0.3 is 9.80 Å². The van der Waals surface area contributed by atoms with Crippen LogP contribution in [-0.4, -0.2) is 53.8 Å². The molecule has 6 heteroatoms. The smallest absolute Gasteiger partial charge is 0.324 e. The monoisotopic (exact) mass is 407 g/mol. The van der Waals surface area contributed by atoms with Crippen molar-refractivity contribution in [1.29, 1.82) is 0 Å². The van der Waals surface area contributed by atoms with E-state index in [0.29, 0.717) is 19.4 Å². The summed E-state index contributed by atoms with van der Waals surface area (Å²) < 4.78 is 0. The van der Waals surface area contributed by atoms with E-state index in [4.69, 9.17) is 0 Å². The van der Waals surface area contributed by atoms with Crippen molar-refractivity contribution >= 4 is 17.8 Å². The van der Waals surface area contributed by atoms with E-state index >= 15 is 0 Å². The van der Waals surface area contributed by atoms with Gasteiger partial charge in [-0.2, -0.15) is 0 Å². The minimum absolute atomic E-state index is 0.122. The van der Waals surface area contributed by atoms with E-state index in [0.717, 1.165) is 32.4 Å². The van der Waals surface area contributed by atoms with Crippen molar-refractivity contribution in [1.82, 2.24) is 15.1 Å². The summed E-state index contributed by atoms with van der Waals surface area (Å²) in [7, 11) is 0. The van der Waals surface area contributed by atoms with Gasteiger partial charge in [0.15, 0.2) is 0 Å². The van der Waals surface area contributed by atoms with Crippen LogP contribution in [-0.2, 0) is 16.0 Å². The molecule has 0 radical (unpaired) electrons. The van der Waals surface area contributed by atoms with Gasteiger partial charge in [-0.3, -0.25) is 14.9 Å². The molecule has 30 heavy (non-hydrogen) atoms. The highest BCUT2D eigenvalue weighted by Gasteiger charge is 2.26. The molecule has 2 aliphatic rings. The van der Waals surface area contributed by atoms with Crippen molar-refractivity contribution in [3.63, 3.8) is 0 Å². The van der Waals surface area contributed by atoms with Crippen LogP contribution in [0.25, 0.3) is 0 Å². The number of hydrogen-bond donors (Lipinski definition) is 1. The predicted molar refractivity (Wildman–Crippen MR) is 116 cm³/mol. The van der Waals surface area contributed by atoms with Crippen LogP contribution >= 0.6 is 0 Å². The number of amides is 4. The second-order valence-corrected chi connectivity index (χ2v) is 7.61. The summed E-state index contributed by atoms with van der Waals surface area (Å²) in [4.78, 5) is 37.2. The molecule has 1 N–H and O–H groups in total. The summed E-state index contributed by atoms with van der Waals surface area (Å²) in [5, 5.41) is 2.21. The van der Waals surface area contributed by atoms with E-state index in [2.05, 4.69) is 66.0 Å². The van der Waals surface area contributed by atoms with Crippen LogP contribution < -0.4 is 5.32 Å². The fraction of sp³-hybridized carbons (Fsp3) is 0.375. The van der Waals surface area contributed by atoms with Gasteiger partial charge in [0, 0.05) is 26.1 Å². The van der Waals surface area contributed by atoms with Crippen molar-refractivity contribution in [2.75, 3.05) is 26.2 Å². The number of likely N-dealkylation sites (tertiary alicyclic amines) is 1. The van der Waals surface area contributed by atoms with Crippen LogP contribution in [0, 0.1) is 0 Å². The molecule has 0 bridgehead atoms. The van der Waals surface area contributed by atoms with Gasteiger partial charge in [0.2, 0.25) is 11.8 Å². The predicted octanol–water partition coefficient (Wildman–Crippen LogP) is 3.22. The lowest BCUT2D eigenvalue weighted by Crippen LogP contribution is -2.31. The Labute approximate surface area is 177 Å². The highest BCUT2D eigenvalue weighted by Crippen LogP contribution is 2.11. The van der Waals surface area contributed by atoms with Gasteiger partial charge in [-0.1, -0.05) is 60.7 Å². The van der Waals surface area contributed by atoms with E-state index in [1.54, 1.807) is 0 Å². The minimum atomic E-state index is -0.344. The summed E-state index contributed by atoms with van der Waals surface area (Å²) in [6.07, 6.45) is 4.29. The molecular formula is C24H29N3O3. The molecule has 6 nitrogen and oxygen atoms in total. The largest absolute Gasteiger partial charge is 0.343 e. The Morgan fingerprint density at radius 3 is 1.93 bits per heavy atom. The Kier molecular flexibility index (Phi) is 8.01. The molecule has 2 aromatic rings. The molecule has 4 amide bonds. The number of carbonyl (C=O) groups is 3. The van der Waals surface area contributed by atoms with Gasteiger partial charge in [-0.15, -0.1) is 0 Å². The number of nitrogens with one attached hydrogen (secondary N) is 1. The SMILES string of the molecule is O=C1CN(CCCC(=O)N2CCCC2)C(=O)N1.c1ccc(Cc2ccccc2)cc1. The first-order chi connectivity index (χ1) is 14.6. The third kappa shape index (κ3) is 6.72. The number of imide groups is 1. The van der Waals surface area contributed by atoms with Crippen molar-refractivity contribution in [2.24, 2.45) is 0 Å². The van der Waals surface area contributed by atoms with Crippen LogP contribution in [0.5, 0.6) is 0 Å². The molecule has 0 saturated carbocycles. The summed E-state index contributed by atoms with van der Waals surface area (Å²) in [6, 6.07) is 20.7. The van der Waals surface area contributed by atoms with Crippen LogP contribution in [0.1, 0.15) is 36.8 Å². The Morgan fingerprint density at radius 1 is 0.867 bits per heavy atom. The standard InChI is InChI=1S/C13H12.C11H17N3O3/c1-3-7-12(8-4-1)11-13-9-5-2-6-10-13;15-9-8-14(11(17)12-9)7-3-4-10(16)13-5-1-2-6-13/h1-10H,11H2;1-8H2,(H,12,15,17). The number of urea groups is 1. The Bertz CT molecular complexity index is 796. The third-order valence-electron chi connectivity index (χ3n) is 5.24. The van der Waals surface area contributed by atoms with Gasteiger partial charge in [-0.25, -0.2) is 4.79 Å². The second kappa shape index (κ2) is 11.1. The van der Waals surface area contributed by atoms with Crippen LogP contribution in [0.2, 0.25) is 0 Å². The first-order valence-electron chi connectivity index (χ1n) is 10.6. The highest BCUT2D eigenvalue weighted by atomic mass is 16.2. The number of nitrogens with zero attached hydrogens (tertiary/aromatic N) is 2. The van der Waals surface area contributed by atoms with E-state index in [1.807, 2.05) is 4.90 Å². The summed E-state index contributed by atoms with van der Waals surface area (Å²) in [6.45, 7) is 2.32. The molecule has 0 spiro atoms. The maximum absolute atomic E-state index is 11.7. The molecule has 0 unspecified atom stereocenters. The summed E-state index contributed by atoms with van der Waals surface area (Å²) in [5.74, 6) is -0.102. The lowest BCUT2D eigenvalue weighted by Gasteiger charge is -2.16. The fourth-order valence-electron chi connectivity index (χ4n) is 3.64. The minimum Gasteiger partial charge on any atom is -0.343 e. The van der Waals surface area contributed by atoms with Crippen molar-refractivity contribution in [2.45, 2.75) is 32.1 Å². The molecule has 2 heterocycles. The van der Waals surface area contributed by atoms with Gasteiger partial charge >= 0.3 is 6.03 Å². The number of benzene rings is 2. The second-order valence-electron chi connectivity index (χ2n) is 7.61. The zero-order chi connectivity index (χ0) is 21.2. The van der Waals surface area contributed by atoms with Crippen LogP contribution in [0.4, 0.5) is 4.79 Å². The first-order valence-corrected chi connectivity index (χ1v) is 10.6. The molecule has 0 aromatic heterocycles. The maximum atomic E-state index is 11.7. The van der Waals surface area contributed by atoms with Crippen molar-refractivity contribution in [3.8, 4) is 0 Å². The average molecular weight is 408 g/mol. The number of rotatable bonds is 6. The topological polar surface area (TPSA) is 69.7 Å². The molecule has 0 atom stereocenters. The van der Waals surface area contributed by atoms with Crippen molar-refractivity contribution in [3.05, 3.63) is 71.8 Å². The van der Waals surface area contributed by atoms with Crippen LogP contribution in [0.15, 0.2) is 60.7 Å². The van der Waals surface area contributed by atoms with Crippen LogP contribution in [0.3, 0.4) is 0 Å². The summed E-state index contributed by atoms with van der Waals surface area (Å²) in [5.41, 5.74) is 2.74. The lowest BCUT2D eigenvalue weighted by molar-refractivity contribution is -0.130. The molecule has 2 fully saturated rings. The van der Waals surface area contributed by atoms with E-state index in [-0.39, 0.29) is 24.4 Å². The van der Waals surface area contributed by atoms with Gasteiger partial charge in [-0.05, 0) is 36.8 Å². The Morgan fingerprint density at radius 2 is 1.43 bits per heavy atom. The fourth-order valence-corrected chi connectivity index (χ4v) is 3.64. The molecule has 2 aliphatic heterocycles. The lowest BCUT2D eigenvalue weighted by atomic mass is 10.1. The Hall–Kier alpha value is -3.15. The average Bonchev–Trinajstić information content (AvgIpc) is 3.40. The zero-order valence-electron chi connectivity index (χ0n) is 17.3. The summed E-state index contributed by atoms with van der Waals surface area (Å²) >= 11 is 0. The normalized spacial score (nSPS) is 15.6. The zero-order valence-corrected chi connectivity index (χ0v) is 17.3. The molecule has 158 valence electrons. The van der Waals surface area contributed by atoms with E-state index in [1.165, 1.54) is 16.0 Å². The molecule has 2 saturated heterocycles. The molecule has 2 aromatic carbocycles. The quantitative estimate of drug-likeness (QED) is 0.748. The highest BCUT2D eigenvalue weighted by molar-refractivity contribution is 6.01. The molecule has 0 aliphatic carbocycles. The molecule has 4 rings (SSSR count). The van der Waals surface area contributed by atoms with Gasteiger partial charge in [0.1, 0.15) is 6.54 Å².